The smallest absolute Gasteiger partial charge is 0.339 e. The van der Waals surface area contributed by atoms with E-state index in [2.05, 4.69) is 0 Å². The third-order valence-electron chi connectivity index (χ3n) is 8.17. The van der Waals surface area contributed by atoms with E-state index in [0.29, 0.717) is 39.2 Å². The highest BCUT2D eigenvalue weighted by molar-refractivity contribution is 6.22. The van der Waals surface area contributed by atoms with Crippen LogP contribution in [0.5, 0.6) is 5.75 Å². The summed E-state index contributed by atoms with van der Waals surface area (Å²) in [7, 11) is 1.52. The fraction of sp³-hybridized carbons (Fsp3) is 0.265. The number of rotatable bonds is 7. The van der Waals surface area contributed by atoms with Gasteiger partial charge in [0.05, 0.1) is 41.4 Å². The number of ether oxygens (including phenoxy) is 2. The van der Waals surface area contributed by atoms with Gasteiger partial charge >= 0.3 is 5.97 Å². The lowest BCUT2D eigenvalue weighted by atomic mass is 9.81. The third kappa shape index (κ3) is 5.04. The number of aromatic nitrogens is 1. The second kappa shape index (κ2) is 11.2. The lowest BCUT2D eigenvalue weighted by Crippen LogP contribution is -2.30. The van der Waals surface area contributed by atoms with Gasteiger partial charge in [-0.25, -0.2) is 9.78 Å². The molecule has 2 heterocycles. The summed E-state index contributed by atoms with van der Waals surface area (Å²) in [5.74, 6) is -1.14. The molecule has 4 aromatic rings. The summed E-state index contributed by atoms with van der Waals surface area (Å²) >= 11 is 0. The van der Waals surface area contributed by atoms with Gasteiger partial charge in [0.2, 0.25) is 11.8 Å². The predicted octanol–water partition coefficient (Wildman–Crippen LogP) is 5.94. The topological polar surface area (TPSA) is 103 Å². The first kappa shape index (κ1) is 27.3. The first-order valence-corrected chi connectivity index (χ1v) is 14.1. The van der Waals surface area contributed by atoms with Crippen LogP contribution in [0.4, 0.5) is 5.69 Å². The Bertz CT molecular complexity index is 1700. The summed E-state index contributed by atoms with van der Waals surface area (Å²) in [5, 5.41) is 0.616. The first-order valence-electron chi connectivity index (χ1n) is 14.1. The zero-order valence-electron chi connectivity index (χ0n) is 23.5. The first-order chi connectivity index (χ1) is 20.3. The van der Waals surface area contributed by atoms with Crippen molar-refractivity contribution in [3.8, 4) is 17.0 Å². The van der Waals surface area contributed by atoms with Crippen LogP contribution in [0.1, 0.15) is 52.0 Å². The molecule has 2 fully saturated rings. The van der Waals surface area contributed by atoms with Crippen LogP contribution >= 0.6 is 0 Å². The Labute approximate surface area is 243 Å². The normalized spacial score (nSPS) is 18.2. The number of imide groups is 1. The number of carbonyl (C=O) groups excluding carboxylic acids is 4. The van der Waals surface area contributed by atoms with E-state index in [0.717, 1.165) is 31.2 Å². The molecule has 1 saturated heterocycles. The third-order valence-corrected chi connectivity index (χ3v) is 8.17. The fourth-order valence-electron chi connectivity index (χ4n) is 5.94. The van der Waals surface area contributed by atoms with Gasteiger partial charge < -0.3 is 9.47 Å². The number of fused-ring (bicyclic) bond motifs is 2. The maximum Gasteiger partial charge on any atom is 0.339 e. The Hall–Kier alpha value is -4.85. The number of aryl methyl sites for hydroxylation is 1. The molecule has 2 aliphatic rings. The zero-order chi connectivity index (χ0) is 29.4. The van der Waals surface area contributed by atoms with Gasteiger partial charge in [0.25, 0.3) is 0 Å². The number of carbonyl (C=O) groups is 4. The number of nitrogens with zero attached hydrogens (tertiary/aromatic N) is 2. The van der Waals surface area contributed by atoms with Gasteiger partial charge in [-0.1, -0.05) is 48.7 Å². The van der Waals surface area contributed by atoms with Crippen LogP contribution in [-0.2, 0) is 14.3 Å². The molecule has 0 spiro atoms. The SMILES string of the molecule is COc1cccc(C(=O)COC(=O)c2cc(-c3ccc(N4C(=O)[C@H]5CCCC[C@H]5C4=O)cc3)nc3ccc(C)cc23)c1. The monoisotopic (exact) mass is 562 g/mol. The highest BCUT2D eigenvalue weighted by Gasteiger charge is 2.48. The summed E-state index contributed by atoms with van der Waals surface area (Å²) in [6.07, 6.45) is 3.46. The van der Waals surface area contributed by atoms with Crippen molar-refractivity contribution < 1.29 is 28.7 Å². The molecule has 3 aromatic carbocycles. The standard InChI is InChI=1S/C34H30N2O6/c1-20-10-15-29-27(16-20)28(34(40)42-19-31(37)22-6-5-7-24(17-22)41-2)18-30(35-29)21-11-13-23(14-12-21)36-32(38)25-8-3-4-9-26(25)33(36)39/h5-7,10-18,25-26H,3-4,8-9,19H2,1-2H3/t25-,26+. The van der Waals surface area contributed by atoms with Crippen LogP contribution in [0, 0.1) is 18.8 Å². The molecular weight excluding hydrogens is 532 g/mol. The Morgan fingerprint density at radius 1 is 0.905 bits per heavy atom. The minimum atomic E-state index is -0.641. The van der Waals surface area contributed by atoms with Crippen molar-refractivity contribution in [2.45, 2.75) is 32.6 Å². The summed E-state index contributed by atoms with van der Waals surface area (Å²) in [5.41, 5.74) is 3.99. The van der Waals surface area contributed by atoms with Crippen molar-refractivity contribution >= 4 is 40.2 Å². The predicted molar refractivity (Wildman–Crippen MR) is 157 cm³/mol. The van der Waals surface area contributed by atoms with E-state index in [1.807, 2.05) is 25.1 Å². The number of amides is 2. The van der Waals surface area contributed by atoms with Crippen LogP contribution in [0.15, 0.2) is 72.8 Å². The molecule has 1 aliphatic carbocycles. The lowest BCUT2D eigenvalue weighted by Gasteiger charge is -2.19. The molecule has 2 amide bonds. The maximum absolute atomic E-state index is 13.3. The quantitative estimate of drug-likeness (QED) is 0.156. The van der Waals surface area contributed by atoms with Gasteiger partial charge in [-0.15, -0.1) is 0 Å². The zero-order valence-corrected chi connectivity index (χ0v) is 23.5. The highest BCUT2D eigenvalue weighted by Crippen LogP contribution is 2.40. The lowest BCUT2D eigenvalue weighted by molar-refractivity contribution is -0.122. The second-order valence-corrected chi connectivity index (χ2v) is 10.9. The van der Waals surface area contributed by atoms with Crippen LogP contribution in [-0.4, -0.2) is 42.3 Å². The van der Waals surface area contributed by atoms with Gasteiger partial charge in [-0.2, -0.15) is 0 Å². The van der Waals surface area contributed by atoms with Crippen molar-refractivity contribution in [1.82, 2.24) is 4.98 Å². The molecule has 0 bridgehead atoms. The van der Waals surface area contributed by atoms with Crippen LogP contribution in [0.2, 0.25) is 0 Å². The molecule has 2 atom stereocenters. The van der Waals surface area contributed by atoms with Gasteiger partial charge in [-0.3, -0.25) is 19.3 Å². The number of esters is 1. The van der Waals surface area contributed by atoms with Gasteiger partial charge in [-0.05, 0) is 62.2 Å². The van der Waals surface area contributed by atoms with Crippen molar-refractivity contribution in [1.29, 1.82) is 0 Å². The van der Waals surface area contributed by atoms with E-state index in [9.17, 15) is 19.2 Å². The highest BCUT2D eigenvalue weighted by atomic mass is 16.5. The van der Waals surface area contributed by atoms with E-state index < -0.39 is 12.6 Å². The minimum Gasteiger partial charge on any atom is -0.497 e. The maximum atomic E-state index is 13.3. The number of hydrogen-bond acceptors (Lipinski definition) is 7. The summed E-state index contributed by atoms with van der Waals surface area (Å²) in [6, 6.07) is 21.0. The molecule has 42 heavy (non-hydrogen) atoms. The number of anilines is 1. The molecule has 212 valence electrons. The summed E-state index contributed by atoms with van der Waals surface area (Å²) in [6.45, 7) is 1.50. The Kier molecular flexibility index (Phi) is 7.29. The molecule has 1 aliphatic heterocycles. The summed E-state index contributed by atoms with van der Waals surface area (Å²) < 4.78 is 10.7. The van der Waals surface area contributed by atoms with Crippen molar-refractivity contribution in [2.24, 2.45) is 11.8 Å². The molecule has 0 N–H and O–H groups in total. The Morgan fingerprint density at radius 3 is 2.31 bits per heavy atom. The van der Waals surface area contributed by atoms with Gasteiger partial charge in [0.15, 0.2) is 12.4 Å². The molecule has 8 nitrogen and oxygen atoms in total. The van der Waals surface area contributed by atoms with E-state index in [-0.39, 0.29) is 35.0 Å². The fourth-order valence-corrected chi connectivity index (χ4v) is 5.94. The molecule has 0 unspecified atom stereocenters. The van der Waals surface area contributed by atoms with Crippen molar-refractivity contribution in [2.75, 3.05) is 18.6 Å². The summed E-state index contributed by atoms with van der Waals surface area (Å²) in [4.78, 5) is 58.2. The average Bonchev–Trinajstić information content (AvgIpc) is 3.28. The van der Waals surface area contributed by atoms with E-state index >= 15 is 0 Å². The van der Waals surface area contributed by atoms with Gasteiger partial charge in [0, 0.05) is 16.5 Å². The average molecular weight is 563 g/mol. The van der Waals surface area contributed by atoms with E-state index in [1.54, 1.807) is 54.6 Å². The van der Waals surface area contributed by atoms with Crippen LogP contribution < -0.4 is 9.64 Å². The van der Waals surface area contributed by atoms with Crippen molar-refractivity contribution in [3.05, 3.63) is 89.5 Å². The molecule has 8 heteroatoms. The minimum absolute atomic E-state index is 0.120. The van der Waals surface area contributed by atoms with E-state index in [4.69, 9.17) is 14.5 Å². The number of Topliss-reactive ketones (excluding diaryl/α,β-unsaturated/α-hetero) is 1. The van der Waals surface area contributed by atoms with E-state index in [1.165, 1.54) is 12.0 Å². The largest absolute Gasteiger partial charge is 0.497 e. The molecule has 6 rings (SSSR count). The number of ketones is 1. The molecule has 1 saturated carbocycles. The number of methoxy groups -OCH3 is 1. The number of pyridine rings is 1. The second-order valence-electron chi connectivity index (χ2n) is 10.9. The molecular formula is C34H30N2O6. The Balaban J connectivity index is 1.27. The molecule has 1 aromatic heterocycles. The van der Waals surface area contributed by atoms with Crippen molar-refractivity contribution in [3.63, 3.8) is 0 Å². The Morgan fingerprint density at radius 2 is 1.62 bits per heavy atom. The number of hydrogen-bond donors (Lipinski definition) is 0. The number of benzene rings is 3. The van der Waals surface area contributed by atoms with Crippen LogP contribution in [0.3, 0.4) is 0 Å². The molecule has 0 radical (unpaired) electrons. The van der Waals surface area contributed by atoms with Gasteiger partial charge in [0.1, 0.15) is 5.75 Å². The van der Waals surface area contributed by atoms with Crippen LogP contribution in [0.25, 0.3) is 22.2 Å².